The zero-order chi connectivity index (χ0) is 20.9. The second-order valence-electron chi connectivity index (χ2n) is 8.40. The molecule has 5 heteroatoms. The van der Waals surface area contributed by atoms with Crippen molar-refractivity contribution >= 4 is 6.09 Å². The van der Waals surface area contributed by atoms with Crippen LogP contribution in [0.1, 0.15) is 44.4 Å². The fourth-order valence-corrected chi connectivity index (χ4v) is 3.83. The lowest BCUT2D eigenvalue weighted by Gasteiger charge is -2.45. The summed E-state index contributed by atoms with van der Waals surface area (Å²) in [5, 5.41) is 9.46. The molecule has 0 aliphatic carbocycles. The number of nitrogens with zero attached hydrogens (tertiary/aromatic N) is 3. The van der Waals surface area contributed by atoms with Crippen LogP contribution >= 0.6 is 0 Å². The highest BCUT2D eigenvalue weighted by Gasteiger charge is 2.36. The summed E-state index contributed by atoms with van der Waals surface area (Å²) in [6, 6.07) is 23.0. The van der Waals surface area contributed by atoms with Crippen LogP contribution in [-0.4, -0.2) is 47.2 Å². The third kappa shape index (κ3) is 5.36. The molecule has 0 aromatic heterocycles. The SMILES string of the molecule is CC(C)(C)OC(=O)N1CCN(C(c2ccccc2)c2ccccc2)[C@H](CC#N)C1. The Labute approximate surface area is 173 Å². The molecule has 29 heavy (non-hydrogen) atoms. The van der Waals surface area contributed by atoms with E-state index in [2.05, 4.69) is 35.2 Å². The molecular weight excluding hydrogens is 362 g/mol. The number of amides is 1. The molecule has 1 atom stereocenters. The summed E-state index contributed by atoms with van der Waals surface area (Å²) in [6.07, 6.45) is 0.0474. The fourth-order valence-electron chi connectivity index (χ4n) is 3.83. The molecule has 3 rings (SSSR count). The molecule has 0 radical (unpaired) electrons. The molecule has 0 bridgehead atoms. The molecule has 1 fully saturated rings. The Balaban J connectivity index is 1.88. The zero-order valence-electron chi connectivity index (χ0n) is 17.4. The van der Waals surface area contributed by atoms with Gasteiger partial charge in [-0.3, -0.25) is 4.90 Å². The fraction of sp³-hybridized carbons (Fsp3) is 0.417. The van der Waals surface area contributed by atoms with Crippen LogP contribution in [0.3, 0.4) is 0 Å². The first-order chi connectivity index (χ1) is 13.9. The van der Waals surface area contributed by atoms with Crippen LogP contribution in [0.25, 0.3) is 0 Å². The van der Waals surface area contributed by atoms with Crippen LogP contribution in [0.4, 0.5) is 4.79 Å². The molecule has 0 saturated carbocycles. The quantitative estimate of drug-likeness (QED) is 0.764. The standard InChI is InChI=1S/C24H29N3O2/c1-24(2,3)29-23(28)26-16-17-27(21(18-26)14-15-25)22(19-10-6-4-7-11-19)20-12-8-5-9-13-20/h4-13,21-22H,14,16-18H2,1-3H3/t21-/m1/s1. The Morgan fingerprint density at radius 1 is 1.07 bits per heavy atom. The first kappa shape index (κ1) is 20.9. The number of carbonyl (C=O) groups excluding carboxylic acids is 1. The minimum Gasteiger partial charge on any atom is -0.444 e. The highest BCUT2D eigenvalue weighted by atomic mass is 16.6. The smallest absolute Gasteiger partial charge is 0.410 e. The van der Waals surface area contributed by atoms with Crippen molar-refractivity contribution < 1.29 is 9.53 Å². The number of nitriles is 1. The summed E-state index contributed by atoms with van der Waals surface area (Å²) >= 11 is 0. The van der Waals surface area contributed by atoms with Gasteiger partial charge in [-0.1, -0.05) is 60.7 Å². The summed E-state index contributed by atoms with van der Waals surface area (Å²) < 4.78 is 5.55. The number of ether oxygens (including phenoxy) is 1. The monoisotopic (exact) mass is 391 g/mol. The Morgan fingerprint density at radius 2 is 1.62 bits per heavy atom. The van der Waals surface area contributed by atoms with Crippen molar-refractivity contribution in [3.05, 3.63) is 71.8 Å². The normalized spacial score (nSPS) is 17.8. The highest BCUT2D eigenvalue weighted by Crippen LogP contribution is 2.33. The van der Waals surface area contributed by atoms with Gasteiger partial charge in [-0.2, -0.15) is 5.26 Å². The summed E-state index contributed by atoms with van der Waals surface area (Å²) in [7, 11) is 0. The largest absolute Gasteiger partial charge is 0.444 e. The maximum Gasteiger partial charge on any atom is 0.410 e. The average Bonchev–Trinajstić information content (AvgIpc) is 2.70. The molecule has 0 N–H and O–H groups in total. The van der Waals surface area contributed by atoms with E-state index in [4.69, 9.17) is 4.74 Å². The number of carbonyl (C=O) groups is 1. The maximum atomic E-state index is 12.6. The van der Waals surface area contributed by atoms with E-state index in [9.17, 15) is 10.1 Å². The molecule has 5 nitrogen and oxygen atoms in total. The molecule has 1 aliphatic rings. The van der Waals surface area contributed by atoms with Gasteiger partial charge in [0.1, 0.15) is 5.60 Å². The second-order valence-corrected chi connectivity index (χ2v) is 8.40. The van der Waals surface area contributed by atoms with Crippen LogP contribution in [0, 0.1) is 11.3 Å². The van der Waals surface area contributed by atoms with E-state index in [0.29, 0.717) is 26.1 Å². The molecule has 152 valence electrons. The van der Waals surface area contributed by atoms with Crippen molar-refractivity contribution in [1.82, 2.24) is 9.80 Å². The van der Waals surface area contributed by atoms with Gasteiger partial charge in [0.25, 0.3) is 0 Å². The summed E-state index contributed by atoms with van der Waals surface area (Å²) in [6.45, 7) is 7.35. The van der Waals surface area contributed by atoms with Crippen molar-refractivity contribution in [2.75, 3.05) is 19.6 Å². The van der Waals surface area contributed by atoms with Gasteiger partial charge in [0.15, 0.2) is 0 Å². The van der Waals surface area contributed by atoms with E-state index in [0.717, 1.165) is 0 Å². The van der Waals surface area contributed by atoms with Gasteiger partial charge < -0.3 is 9.64 Å². The van der Waals surface area contributed by atoms with E-state index < -0.39 is 5.60 Å². The van der Waals surface area contributed by atoms with E-state index in [1.807, 2.05) is 57.2 Å². The molecular formula is C24H29N3O2. The number of piperazine rings is 1. The Bertz CT molecular complexity index is 800. The van der Waals surface area contributed by atoms with Crippen molar-refractivity contribution in [2.45, 2.75) is 44.9 Å². The molecule has 1 amide bonds. The molecule has 0 spiro atoms. The number of hydrogen-bond acceptors (Lipinski definition) is 4. The van der Waals surface area contributed by atoms with Crippen LogP contribution in [0.2, 0.25) is 0 Å². The van der Waals surface area contributed by atoms with E-state index >= 15 is 0 Å². The van der Waals surface area contributed by atoms with Gasteiger partial charge in [0, 0.05) is 25.7 Å². The molecule has 0 unspecified atom stereocenters. The van der Waals surface area contributed by atoms with Crippen LogP contribution in [0.5, 0.6) is 0 Å². The minimum absolute atomic E-state index is 0.0385. The van der Waals surface area contributed by atoms with Gasteiger partial charge >= 0.3 is 6.09 Å². The van der Waals surface area contributed by atoms with Crippen LogP contribution in [0.15, 0.2) is 60.7 Å². The predicted octanol–water partition coefficient (Wildman–Crippen LogP) is 4.61. The predicted molar refractivity (Wildman–Crippen MR) is 113 cm³/mol. The van der Waals surface area contributed by atoms with Gasteiger partial charge in [-0.15, -0.1) is 0 Å². The van der Waals surface area contributed by atoms with E-state index in [-0.39, 0.29) is 18.2 Å². The summed E-state index contributed by atoms with van der Waals surface area (Å²) in [4.78, 5) is 16.7. The van der Waals surface area contributed by atoms with Gasteiger partial charge in [-0.25, -0.2) is 4.79 Å². The topological polar surface area (TPSA) is 56.6 Å². The lowest BCUT2D eigenvalue weighted by molar-refractivity contribution is -0.00102. The highest BCUT2D eigenvalue weighted by molar-refractivity contribution is 5.68. The Hall–Kier alpha value is -2.84. The molecule has 1 heterocycles. The average molecular weight is 392 g/mol. The first-order valence-electron chi connectivity index (χ1n) is 10.1. The van der Waals surface area contributed by atoms with Gasteiger partial charge in [-0.05, 0) is 31.9 Å². The molecule has 1 aliphatic heterocycles. The third-order valence-electron chi connectivity index (χ3n) is 5.07. The van der Waals surface area contributed by atoms with E-state index in [1.165, 1.54) is 11.1 Å². The van der Waals surface area contributed by atoms with Gasteiger partial charge in [0.2, 0.25) is 0 Å². The van der Waals surface area contributed by atoms with Crippen LogP contribution < -0.4 is 0 Å². The Morgan fingerprint density at radius 3 is 2.10 bits per heavy atom. The lowest BCUT2D eigenvalue weighted by Crippen LogP contribution is -2.56. The summed E-state index contributed by atoms with van der Waals surface area (Å²) in [5.41, 5.74) is 1.84. The first-order valence-corrected chi connectivity index (χ1v) is 10.1. The van der Waals surface area contributed by atoms with Crippen molar-refractivity contribution in [3.63, 3.8) is 0 Å². The van der Waals surface area contributed by atoms with Gasteiger partial charge in [0.05, 0.1) is 18.5 Å². The third-order valence-corrected chi connectivity index (χ3v) is 5.07. The number of rotatable bonds is 4. The van der Waals surface area contributed by atoms with Crippen molar-refractivity contribution in [3.8, 4) is 6.07 Å². The maximum absolute atomic E-state index is 12.6. The molecule has 2 aromatic carbocycles. The second kappa shape index (κ2) is 9.11. The van der Waals surface area contributed by atoms with Crippen LogP contribution in [-0.2, 0) is 4.74 Å². The lowest BCUT2D eigenvalue weighted by atomic mass is 9.94. The molecule has 1 saturated heterocycles. The van der Waals surface area contributed by atoms with E-state index in [1.54, 1.807) is 4.90 Å². The van der Waals surface area contributed by atoms with Crippen molar-refractivity contribution in [1.29, 1.82) is 5.26 Å². The summed E-state index contributed by atoms with van der Waals surface area (Å²) in [5.74, 6) is 0. The molecule has 2 aromatic rings. The number of hydrogen-bond donors (Lipinski definition) is 0. The van der Waals surface area contributed by atoms with Crippen molar-refractivity contribution in [2.24, 2.45) is 0 Å². The Kier molecular flexibility index (Phi) is 6.56. The minimum atomic E-state index is -0.532. The zero-order valence-corrected chi connectivity index (χ0v) is 17.4. The number of benzene rings is 2.